The van der Waals surface area contributed by atoms with Crippen LogP contribution >= 0.6 is 0 Å². The number of hydrogen-bond donors (Lipinski definition) is 3. The zero-order chi connectivity index (χ0) is 38.5. The summed E-state index contributed by atoms with van der Waals surface area (Å²) in [6, 6.07) is 23.5. The summed E-state index contributed by atoms with van der Waals surface area (Å²) in [7, 11) is 5.08. The summed E-state index contributed by atoms with van der Waals surface area (Å²) in [6.45, 7) is 0.951. The number of carbonyl (C=O) groups excluding carboxylic acids is 4. The molecule has 5 aromatic rings. The molecule has 2 aromatic heterocycles. The number of nitrogens with one attached hydrogen (secondary N) is 3. The molecule has 4 amide bonds. The van der Waals surface area contributed by atoms with Crippen LogP contribution in [0, 0.1) is 0 Å². The summed E-state index contributed by atoms with van der Waals surface area (Å²) < 4.78 is 15.0. The molecule has 0 aliphatic carbocycles. The highest BCUT2D eigenvalue weighted by molar-refractivity contribution is 6.06. The molecule has 3 N–H and O–H groups in total. The van der Waals surface area contributed by atoms with Gasteiger partial charge in [-0.3, -0.25) is 24.2 Å². The number of nitrogens with zero attached hydrogens (tertiary/aromatic N) is 4. The number of rotatable bonds is 12. The van der Waals surface area contributed by atoms with Gasteiger partial charge in [-0.1, -0.05) is 30.3 Å². The third-order valence-corrected chi connectivity index (χ3v) is 9.78. The number of aromatic nitrogens is 2. The molecule has 1 fully saturated rings. The SMILES string of the molecule is COc1cc2c(cc1OCCCC(=O)Nc1cc(C(=O)Nc3ccc(-c4cc(C(=O)Nc5ccccc5)n(C)c4)cc3)n(C)c1)N=C[C@@H]1CCCCN1C2=O. The van der Waals surface area contributed by atoms with E-state index in [9.17, 15) is 19.2 Å². The van der Waals surface area contributed by atoms with Crippen LogP contribution in [0.1, 0.15) is 63.4 Å². The second-order valence-corrected chi connectivity index (χ2v) is 13.7. The van der Waals surface area contributed by atoms with Crippen molar-refractivity contribution in [3.8, 4) is 22.6 Å². The van der Waals surface area contributed by atoms with Crippen LogP contribution in [0.15, 0.2) is 96.2 Å². The van der Waals surface area contributed by atoms with Gasteiger partial charge >= 0.3 is 0 Å². The van der Waals surface area contributed by atoms with Gasteiger partial charge in [0, 0.05) is 68.7 Å². The Morgan fingerprint density at radius 1 is 0.782 bits per heavy atom. The minimum atomic E-state index is -0.333. The van der Waals surface area contributed by atoms with Crippen LogP contribution in [0.2, 0.25) is 0 Å². The zero-order valence-electron chi connectivity index (χ0n) is 31.0. The number of methoxy groups -OCH3 is 1. The van der Waals surface area contributed by atoms with Crippen molar-refractivity contribution in [2.24, 2.45) is 19.1 Å². The van der Waals surface area contributed by atoms with Crippen LogP contribution in [0.5, 0.6) is 11.5 Å². The predicted molar refractivity (Wildman–Crippen MR) is 212 cm³/mol. The van der Waals surface area contributed by atoms with Crippen LogP contribution in [0.25, 0.3) is 11.1 Å². The van der Waals surface area contributed by atoms with Gasteiger partial charge in [0.1, 0.15) is 11.4 Å². The Bertz CT molecular complexity index is 2260. The molecule has 13 nitrogen and oxygen atoms in total. The lowest BCUT2D eigenvalue weighted by molar-refractivity contribution is -0.116. The monoisotopic (exact) mass is 741 g/mol. The Kier molecular flexibility index (Phi) is 10.8. The molecule has 7 rings (SSSR count). The molecule has 4 heterocycles. The van der Waals surface area contributed by atoms with E-state index in [1.54, 1.807) is 52.7 Å². The standard InChI is InChI=1S/C42H43N7O6/c1-47-25-28(20-35(47)40(51)45-29-10-5-4-6-11-29)27-14-16-30(17-15-27)46-41(52)36-21-31(26-48(36)2)44-39(50)13-9-19-55-38-23-34-33(22-37(38)54-3)42(53)49-18-8-7-12-32(49)24-43-34/h4-6,10-11,14-17,20-26,32H,7-9,12-13,18-19H2,1-3H3,(H,44,50)(H,45,51)(H,46,52)/t32-/m0/s1. The number of hydrogen-bond acceptors (Lipinski definition) is 7. The predicted octanol–water partition coefficient (Wildman–Crippen LogP) is 7.05. The molecule has 55 heavy (non-hydrogen) atoms. The first kappa shape index (κ1) is 36.7. The number of amides is 4. The van der Waals surface area contributed by atoms with Crippen molar-refractivity contribution in [3.05, 3.63) is 108 Å². The third kappa shape index (κ3) is 8.30. The summed E-state index contributed by atoms with van der Waals surface area (Å²) in [5, 5.41) is 8.68. The number of aliphatic imine (C=N–C) groups is 1. The van der Waals surface area contributed by atoms with E-state index in [-0.39, 0.29) is 42.7 Å². The van der Waals surface area contributed by atoms with Gasteiger partial charge in [-0.2, -0.15) is 0 Å². The quantitative estimate of drug-likeness (QED) is 0.117. The molecule has 0 unspecified atom stereocenters. The molecule has 3 aromatic carbocycles. The summed E-state index contributed by atoms with van der Waals surface area (Å²) in [6.07, 6.45) is 8.96. The van der Waals surface area contributed by atoms with Gasteiger partial charge in [0.05, 0.1) is 36.7 Å². The van der Waals surface area contributed by atoms with Crippen molar-refractivity contribution in [1.29, 1.82) is 0 Å². The Labute approximate surface area is 319 Å². The minimum Gasteiger partial charge on any atom is -0.493 e. The molecule has 13 heteroatoms. The highest BCUT2D eigenvalue weighted by atomic mass is 16.5. The van der Waals surface area contributed by atoms with E-state index in [4.69, 9.17) is 9.47 Å². The molecule has 1 saturated heterocycles. The average Bonchev–Trinajstić information content (AvgIpc) is 3.73. The van der Waals surface area contributed by atoms with Crippen molar-refractivity contribution in [2.45, 2.75) is 38.1 Å². The van der Waals surface area contributed by atoms with Crippen LogP contribution < -0.4 is 25.4 Å². The number of benzene rings is 3. The fraction of sp³-hybridized carbons (Fsp3) is 0.262. The maximum Gasteiger partial charge on any atom is 0.272 e. The van der Waals surface area contributed by atoms with E-state index in [0.717, 1.165) is 36.1 Å². The normalized spacial score (nSPS) is 14.7. The van der Waals surface area contributed by atoms with Crippen molar-refractivity contribution >= 4 is 52.6 Å². The smallest absolute Gasteiger partial charge is 0.272 e. The van der Waals surface area contributed by atoms with Gasteiger partial charge in [-0.05, 0) is 73.7 Å². The number of anilines is 3. The number of piperidine rings is 1. The molecule has 0 spiro atoms. The third-order valence-electron chi connectivity index (χ3n) is 9.78. The largest absolute Gasteiger partial charge is 0.493 e. The second kappa shape index (κ2) is 16.2. The number of carbonyl (C=O) groups is 4. The number of para-hydroxylation sites is 1. The van der Waals surface area contributed by atoms with Crippen molar-refractivity contribution in [2.75, 3.05) is 36.2 Å². The van der Waals surface area contributed by atoms with Gasteiger partial charge in [0.25, 0.3) is 17.7 Å². The average molecular weight is 742 g/mol. The molecular weight excluding hydrogens is 699 g/mol. The fourth-order valence-electron chi connectivity index (χ4n) is 6.89. The number of fused-ring (bicyclic) bond motifs is 2. The van der Waals surface area contributed by atoms with Crippen molar-refractivity contribution < 1.29 is 28.7 Å². The Hall–Kier alpha value is -6.63. The Morgan fingerprint density at radius 3 is 2.24 bits per heavy atom. The number of ether oxygens (including phenoxy) is 2. The van der Waals surface area contributed by atoms with Crippen LogP contribution in [0.3, 0.4) is 0 Å². The second-order valence-electron chi connectivity index (χ2n) is 13.7. The maximum atomic E-state index is 13.3. The van der Waals surface area contributed by atoms with E-state index < -0.39 is 0 Å². The topological polar surface area (TPSA) is 148 Å². The first-order valence-electron chi connectivity index (χ1n) is 18.3. The summed E-state index contributed by atoms with van der Waals surface area (Å²) in [5.41, 5.74) is 5.48. The van der Waals surface area contributed by atoms with Crippen LogP contribution in [-0.2, 0) is 18.9 Å². The Morgan fingerprint density at radius 2 is 1.49 bits per heavy atom. The first-order valence-corrected chi connectivity index (χ1v) is 18.3. The van der Waals surface area contributed by atoms with Gasteiger partial charge in [-0.15, -0.1) is 0 Å². The maximum absolute atomic E-state index is 13.3. The van der Waals surface area contributed by atoms with Gasteiger partial charge in [0.15, 0.2) is 11.5 Å². The lowest BCUT2D eigenvalue weighted by Crippen LogP contribution is -2.43. The molecule has 0 bridgehead atoms. The van der Waals surface area contributed by atoms with E-state index in [1.807, 2.05) is 72.9 Å². The molecule has 2 aliphatic heterocycles. The van der Waals surface area contributed by atoms with Gasteiger partial charge in [0.2, 0.25) is 5.91 Å². The van der Waals surface area contributed by atoms with Crippen molar-refractivity contribution in [1.82, 2.24) is 14.0 Å². The van der Waals surface area contributed by atoms with E-state index in [1.165, 1.54) is 7.11 Å². The van der Waals surface area contributed by atoms with E-state index in [2.05, 4.69) is 20.9 Å². The summed E-state index contributed by atoms with van der Waals surface area (Å²) in [4.78, 5) is 58.6. The molecule has 2 aliphatic rings. The summed E-state index contributed by atoms with van der Waals surface area (Å²) >= 11 is 0. The summed E-state index contributed by atoms with van der Waals surface area (Å²) in [5.74, 6) is 0.0706. The molecule has 282 valence electrons. The zero-order valence-corrected chi connectivity index (χ0v) is 31.0. The van der Waals surface area contributed by atoms with Crippen LogP contribution in [0.4, 0.5) is 22.7 Å². The lowest BCUT2D eigenvalue weighted by Gasteiger charge is -2.32. The molecular formula is C42H43N7O6. The number of aryl methyl sites for hydroxylation is 2. The highest BCUT2D eigenvalue weighted by Gasteiger charge is 2.31. The van der Waals surface area contributed by atoms with Crippen molar-refractivity contribution in [3.63, 3.8) is 0 Å². The van der Waals surface area contributed by atoms with Crippen LogP contribution in [-0.4, -0.2) is 70.2 Å². The molecule has 1 atom stereocenters. The van der Waals surface area contributed by atoms with E-state index in [0.29, 0.717) is 58.5 Å². The van der Waals surface area contributed by atoms with Gasteiger partial charge < -0.3 is 39.5 Å². The minimum absolute atomic E-state index is 0.00514. The highest BCUT2D eigenvalue weighted by Crippen LogP contribution is 2.38. The molecule has 0 radical (unpaired) electrons. The van der Waals surface area contributed by atoms with E-state index >= 15 is 0 Å². The lowest BCUT2D eigenvalue weighted by atomic mass is 10.0. The van der Waals surface area contributed by atoms with Gasteiger partial charge in [-0.25, -0.2) is 0 Å². The fourth-order valence-corrected chi connectivity index (χ4v) is 6.89. The Balaban J connectivity index is 0.900. The molecule has 0 saturated carbocycles. The first-order chi connectivity index (χ1) is 26.7.